The average molecular weight is 258 g/mol. The van der Waals surface area contributed by atoms with Gasteiger partial charge >= 0.3 is 0 Å². The van der Waals surface area contributed by atoms with Crippen LogP contribution in [0.25, 0.3) is 11.0 Å². The van der Waals surface area contributed by atoms with Crippen LogP contribution < -0.4 is 0 Å². The zero-order valence-corrected chi connectivity index (χ0v) is 10.9. The molecule has 0 aliphatic rings. The first-order valence-electron chi connectivity index (χ1n) is 5.91. The fraction of sp³-hybridized carbons (Fsp3) is 0.231. The molecule has 0 spiro atoms. The number of aromatic nitrogens is 4. The van der Waals surface area contributed by atoms with Crippen molar-refractivity contribution in [2.45, 2.75) is 20.0 Å². The molecule has 0 radical (unpaired) electrons. The van der Waals surface area contributed by atoms with E-state index in [0.29, 0.717) is 0 Å². The standard InChI is InChI=1S/C13H14N4S/c1-10-4-2-5-11-12(10)17(13(18)15-11)9-8-16-7-3-6-14-16/h2-7H,8-9H2,1H3,(H,15,18). The SMILES string of the molecule is Cc1cccc2[nH]c(=S)n(CCn3cccn3)c12. The molecular weight excluding hydrogens is 244 g/mol. The summed E-state index contributed by atoms with van der Waals surface area (Å²) in [4.78, 5) is 3.25. The van der Waals surface area contributed by atoms with Gasteiger partial charge in [0, 0.05) is 18.9 Å². The van der Waals surface area contributed by atoms with Gasteiger partial charge in [-0.15, -0.1) is 0 Å². The van der Waals surface area contributed by atoms with Gasteiger partial charge in [-0.1, -0.05) is 12.1 Å². The van der Waals surface area contributed by atoms with Crippen molar-refractivity contribution in [2.75, 3.05) is 0 Å². The molecule has 0 amide bonds. The summed E-state index contributed by atoms with van der Waals surface area (Å²) >= 11 is 5.39. The van der Waals surface area contributed by atoms with Crippen LogP contribution in [0.1, 0.15) is 5.56 Å². The number of nitrogens with zero attached hydrogens (tertiary/aromatic N) is 3. The molecule has 2 aromatic heterocycles. The quantitative estimate of drug-likeness (QED) is 0.734. The predicted octanol–water partition coefficient (Wildman–Crippen LogP) is 2.90. The Morgan fingerprint density at radius 3 is 2.94 bits per heavy atom. The first-order chi connectivity index (χ1) is 8.75. The Morgan fingerprint density at radius 2 is 2.17 bits per heavy atom. The van der Waals surface area contributed by atoms with Crippen molar-refractivity contribution in [3.05, 3.63) is 47.0 Å². The molecule has 0 aliphatic carbocycles. The molecule has 0 atom stereocenters. The lowest BCUT2D eigenvalue weighted by Crippen LogP contribution is -2.08. The summed E-state index contributed by atoms with van der Waals surface area (Å²) in [6.45, 7) is 3.75. The largest absolute Gasteiger partial charge is 0.331 e. The van der Waals surface area contributed by atoms with Gasteiger partial charge in [-0.05, 0) is 36.8 Å². The highest BCUT2D eigenvalue weighted by Crippen LogP contribution is 2.18. The van der Waals surface area contributed by atoms with Crippen LogP contribution in [0.15, 0.2) is 36.7 Å². The lowest BCUT2D eigenvalue weighted by atomic mass is 10.2. The Kier molecular flexibility index (Phi) is 2.76. The molecule has 4 nitrogen and oxygen atoms in total. The molecule has 3 aromatic rings. The molecule has 3 rings (SSSR count). The van der Waals surface area contributed by atoms with Crippen molar-refractivity contribution >= 4 is 23.3 Å². The van der Waals surface area contributed by atoms with E-state index in [9.17, 15) is 0 Å². The summed E-state index contributed by atoms with van der Waals surface area (Å²) in [5.74, 6) is 0. The molecule has 92 valence electrons. The number of imidazole rings is 1. The first kappa shape index (κ1) is 11.2. The topological polar surface area (TPSA) is 38.5 Å². The van der Waals surface area contributed by atoms with E-state index < -0.39 is 0 Å². The number of hydrogen-bond donors (Lipinski definition) is 1. The highest BCUT2D eigenvalue weighted by Gasteiger charge is 2.06. The number of aromatic amines is 1. The molecule has 0 bridgehead atoms. The van der Waals surface area contributed by atoms with E-state index in [-0.39, 0.29) is 0 Å². The second-order valence-corrected chi connectivity index (χ2v) is 4.71. The van der Waals surface area contributed by atoms with Crippen LogP contribution in [0.5, 0.6) is 0 Å². The van der Waals surface area contributed by atoms with E-state index >= 15 is 0 Å². The van der Waals surface area contributed by atoms with E-state index in [0.717, 1.165) is 23.4 Å². The minimum absolute atomic E-state index is 0.770. The molecule has 1 aromatic carbocycles. The minimum Gasteiger partial charge on any atom is -0.331 e. The molecule has 0 aliphatic heterocycles. The molecule has 18 heavy (non-hydrogen) atoms. The predicted molar refractivity (Wildman–Crippen MR) is 74.1 cm³/mol. The van der Waals surface area contributed by atoms with E-state index in [4.69, 9.17) is 12.2 Å². The maximum atomic E-state index is 5.39. The summed E-state index contributed by atoms with van der Waals surface area (Å²) in [6, 6.07) is 8.14. The van der Waals surface area contributed by atoms with Gasteiger partial charge in [0.2, 0.25) is 0 Å². The van der Waals surface area contributed by atoms with Gasteiger partial charge in [0.25, 0.3) is 0 Å². The smallest absolute Gasteiger partial charge is 0.178 e. The van der Waals surface area contributed by atoms with Gasteiger partial charge in [-0.25, -0.2) is 0 Å². The molecular formula is C13H14N4S. The van der Waals surface area contributed by atoms with Crippen LogP contribution in [0.4, 0.5) is 0 Å². The number of H-pyrrole nitrogens is 1. The Bertz CT molecular complexity index is 721. The highest BCUT2D eigenvalue weighted by molar-refractivity contribution is 7.71. The number of hydrogen-bond acceptors (Lipinski definition) is 2. The van der Waals surface area contributed by atoms with Crippen molar-refractivity contribution < 1.29 is 0 Å². The first-order valence-corrected chi connectivity index (χ1v) is 6.32. The number of rotatable bonds is 3. The number of benzene rings is 1. The third-order valence-corrected chi connectivity index (χ3v) is 3.43. The second kappa shape index (κ2) is 4.42. The number of aryl methyl sites for hydroxylation is 3. The summed E-state index contributed by atoms with van der Waals surface area (Å²) in [7, 11) is 0. The van der Waals surface area contributed by atoms with Gasteiger partial charge in [-0.2, -0.15) is 5.10 Å². The molecule has 1 N–H and O–H groups in total. The van der Waals surface area contributed by atoms with E-state index in [1.165, 1.54) is 11.1 Å². The third kappa shape index (κ3) is 1.86. The summed E-state index contributed by atoms with van der Waals surface area (Å²) in [6.07, 6.45) is 3.76. The number of para-hydroxylation sites is 1. The summed E-state index contributed by atoms with van der Waals surface area (Å²) in [5.41, 5.74) is 3.52. The second-order valence-electron chi connectivity index (χ2n) is 4.32. The molecule has 2 heterocycles. The summed E-state index contributed by atoms with van der Waals surface area (Å²) in [5, 5.41) is 4.21. The van der Waals surface area contributed by atoms with E-state index in [2.05, 4.69) is 33.7 Å². The number of fused-ring (bicyclic) bond motifs is 1. The maximum absolute atomic E-state index is 5.39. The van der Waals surface area contributed by atoms with Crippen LogP contribution in [0, 0.1) is 11.7 Å². The zero-order valence-electron chi connectivity index (χ0n) is 10.1. The van der Waals surface area contributed by atoms with E-state index in [1.54, 1.807) is 6.20 Å². The normalized spacial score (nSPS) is 11.2. The van der Waals surface area contributed by atoms with Gasteiger partial charge < -0.3 is 9.55 Å². The fourth-order valence-electron chi connectivity index (χ4n) is 2.25. The van der Waals surface area contributed by atoms with Crippen molar-refractivity contribution in [1.82, 2.24) is 19.3 Å². The monoisotopic (exact) mass is 258 g/mol. The van der Waals surface area contributed by atoms with Crippen molar-refractivity contribution in [1.29, 1.82) is 0 Å². The Balaban J connectivity index is 2.01. The molecule has 0 fully saturated rings. The minimum atomic E-state index is 0.770. The van der Waals surface area contributed by atoms with Crippen molar-refractivity contribution in [3.8, 4) is 0 Å². The Hall–Kier alpha value is -1.88. The molecule has 0 saturated heterocycles. The molecule has 5 heteroatoms. The summed E-state index contributed by atoms with van der Waals surface area (Å²) < 4.78 is 4.83. The maximum Gasteiger partial charge on any atom is 0.178 e. The lowest BCUT2D eigenvalue weighted by Gasteiger charge is -2.06. The van der Waals surface area contributed by atoms with Gasteiger partial charge in [0.15, 0.2) is 4.77 Å². The lowest BCUT2D eigenvalue weighted by molar-refractivity contribution is 0.537. The van der Waals surface area contributed by atoms with Crippen LogP contribution >= 0.6 is 12.2 Å². The van der Waals surface area contributed by atoms with Crippen molar-refractivity contribution in [3.63, 3.8) is 0 Å². The van der Waals surface area contributed by atoms with Crippen molar-refractivity contribution in [2.24, 2.45) is 0 Å². The third-order valence-electron chi connectivity index (χ3n) is 3.11. The fourth-order valence-corrected chi connectivity index (χ4v) is 2.54. The van der Waals surface area contributed by atoms with E-state index in [1.807, 2.05) is 23.0 Å². The molecule has 0 saturated carbocycles. The van der Waals surface area contributed by atoms with Crippen LogP contribution in [-0.4, -0.2) is 19.3 Å². The Labute approximate surface area is 110 Å². The average Bonchev–Trinajstić information content (AvgIpc) is 2.94. The van der Waals surface area contributed by atoms with Gasteiger partial charge in [0.1, 0.15) is 0 Å². The van der Waals surface area contributed by atoms with Crippen LogP contribution in [-0.2, 0) is 13.1 Å². The van der Waals surface area contributed by atoms with Gasteiger partial charge in [0.05, 0.1) is 17.6 Å². The van der Waals surface area contributed by atoms with Gasteiger partial charge in [-0.3, -0.25) is 4.68 Å². The number of nitrogens with one attached hydrogen (secondary N) is 1. The highest BCUT2D eigenvalue weighted by atomic mass is 32.1. The Morgan fingerprint density at radius 1 is 1.28 bits per heavy atom. The zero-order chi connectivity index (χ0) is 12.5. The van der Waals surface area contributed by atoms with Crippen LogP contribution in [0.2, 0.25) is 0 Å². The van der Waals surface area contributed by atoms with Crippen LogP contribution in [0.3, 0.4) is 0 Å². The molecule has 0 unspecified atom stereocenters.